The van der Waals surface area contributed by atoms with Crippen molar-refractivity contribution in [2.45, 2.75) is 39.3 Å². The van der Waals surface area contributed by atoms with Gasteiger partial charge in [-0.1, -0.05) is 6.07 Å². The number of rotatable bonds is 4. The maximum absolute atomic E-state index is 13.8. The molecule has 2 aromatic carbocycles. The number of benzene rings is 2. The van der Waals surface area contributed by atoms with Gasteiger partial charge in [0.15, 0.2) is 0 Å². The molecule has 0 saturated carbocycles. The van der Waals surface area contributed by atoms with Crippen LogP contribution in [0.3, 0.4) is 0 Å². The van der Waals surface area contributed by atoms with Crippen LogP contribution in [0, 0.1) is 11.6 Å². The Labute approximate surface area is 156 Å². The number of hydrogen-bond donors (Lipinski definition) is 2. The lowest BCUT2D eigenvalue weighted by molar-refractivity contribution is 0.0635. The maximum Gasteiger partial charge on any atom is 0.412 e. The lowest BCUT2D eigenvalue weighted by Crippen LogP contribution is -2.28. The van der Waals surface area contributed by atoms with Crippen molar-refractivity contribution in [3.63, 3.8) is 0 Å². The molecule has 2 rings (SSSR count). The Hall–Kier alpha value is -2.96. The fourth-order valence-electron chi connectivity index (χ4n) is 2.34. The summed E-state index contributed by atoms with van der Waals surface area (Å²) in [7, 11) is 0. The van der Waals surface area contributed by atoms with Gasteiger partial charge < -0.3 is 10.1 Å². The van der Waals surface area contributed by atoms with Crippen LogP contribution < -0.4 is 10.6 Å². The number of carbonyl (C=O) groups excluding carboxylic acids is 2. The monoisotopic (exact) mass is 376 g/mol. The Kier molecular flexibility index (Phi) is 6.15. The highest BCUT2D eigenvalue weighted by molar-refractivity contribution is 5.95. The second-order valence-corrected chi connectivity index (χ2v) is 7.07. The fraction of sp³-hybridized carbons (Fsp3) is 0.300. The molecule has 144 valence electrons. The number of halogens is 2. The van der Waals surface area contributed by atoms with Crippen molar-refractivity contribution in [3.05, 3.63) is 65.2 Å². The van der Waals surface area contributed by atoms with Crippen LogP contribution >= 0.6 is 0 Å². The number of amides is 2. The fourth-order valence-corrected chi connectivity index (χ4v) is 2.34. The summed E-state index contributed by atoms with van der Waals surface area (Å²) in [6.45, 7) is 6.87. The van der Waals surface area contributed by atoms with Gasteiger partial charge in [0.25, 0.3) is 5.91 Å². The lowest BCUT2D eigenvalue weighted by atomic mass is 10.1. The average Bonchev–Trinajstić information content (AvgIpc) is 2.53. The molecule has 2 aromatic rings. The molecule has 0 aliphatic heterocycles. The Bertz CT molecular complexity index is 830. The van der Waals surface area contributed by atoms with Crippen molar-refractivity contribution in [2.24, 2.45) is 0 Å². The highest BCUT2D eigenvalue weighted by Gasteiger charge is 2.17. The van der Waals surface area contributed by atoms with Crippen molar-refractivity contribution in [3.8, 4) is 0 Å². The topological polar surface area (TPSA) is 67.4 Å². The summed E-state index contributed by atoms with van der Waals surface area (Å²) in [6, 6.07) is 8.73. The molecule has 0 aliphatic carbocycles. The number of nitrogens with one attached hydrogen (secondary N) is 2. The molecule has 0 radical (unpaired) electrons. The van der Waals surface area contributed by atoms with Crippen molar-refractivity contribution < 1.29 is 23.1 Å². The van der Waals surface area contributed by atoms with Crippen LogP contribution in [0.1, 0.15) is 49.7 Å². The summed E-state index contributed by atoms with van der Waals surface area (Å²) in [5, 5.41) is 5.22. The summed E-state index contributed by atoms with van der Waals surface area (Å²) in [5.41, 5.74) is 0.376. The van der Waals surface area contributed by atoms with E-state index < -0.39 is 35.3 Å². The van der Waals surface area contributed by atoms with Crippen LogP contribution in [-0.4, -0.2) is 17.6 Å². The summed E-state index contributed by atoms with van der Waals surface area (Å²) in [4.78, 5) is 24.0. The molecule has 0 fully saturated rings. The van der Waals surface area contributed by atoms with E-state index in [0.717, 1.165) is 12.1 Å². The van der Waals surface area contributed by atoms with Gasteiger partial charge in [-0.2, -0.15) is 0 Å². The summed E-state index contributed by atoms with van der Waals surface area (Å²) in [5.74, 6) is -1.82. The predicted molar refractivity (Wildman–Crippen MR) is 98.5 cm³/mol. The number of anilines is 1. The van der Waals surface area contributed by atoms with Crippen molar-refractivity contribution in [1.29, 1.82) is 0 Å². The molecule has 0 unspecified atom stereocenters. The zero-order chi connectivity index (χ0) is 20.2. The largest absolute Gasteiger partial charge is 0.444 e. The first-order chi connectivity index (χ1) is 12.5. The third kappa shape index (κ3) is 6.06. The van der Waals surface area contributed by atoms with Gasteiger partial charge in [-0.25, -0.2) is 13.6 Å². The normalized spacial score (nSPS) is 12.2. The Morgan fingerprint density at radius 2 is 1.67 bits per heavy atom. The molecule has 27 heavy (non-hydrogen) atoms. The van der Waals surface area contributed by atoms with E-state index in [0.29, 0.717) is 11.3 Å². The first-order valence-corrected chi connectivity index (χ1v) is 8.41. The molecular formula is C20H22F2N2O3. The van der Waals surface area contributed by atoms with E-state index in [2.05, 4.69) is 10.6 Å². The summed E-state index contributed by atoms with van der Waals surface area (Å²) in [6.07, 6.45) is -0.597. The van der Waals surface area contributed by atoms with E-state index >= 15 is 0 Å². The van der Waals surface area contributed by atoms with Gasteiger partial charge in [-0.05, 0) is 58.0 Å². The SMILES string of the molecule is C[C@H](NC(=O)c1ccc(NC(=O)OC(C)(C)C)cc1)c1ccc(F)cc1F. The van der Waals surface area contributed by atoms with E-state index in [1.807, 2.05) is 0 Å². The summed E-state index contributed by atoms with van der Waals surface area (Å²) >= 11 is 0. The van der Waals surface area contributed by atoms with Gasteiger partial charge in [-0.15, -0.1) is 0 Å². The average molecular weight is 376 g/mol. The smallest absolute Gasteiger partial charge is 0.412 e. The predicted octanol–water partition coefficient (Wildman–Crippen LogP) is 4.80. The molecule has 0 saturated heterocycles. The molecule has 7 heteroatoms. The maximum atomic E-state index is 13.8. The van der Waals surface area contributed by atoms with Crippen molar-refractivity contribution in [2.75, 3.05) is 5.32 Å². The van der Waals surface area contributed by atoms with Gasteiger partial charge in [0.05, 0.1) is 6.04 Å². The number of ether oxygens (including phenoxy) is 1. The van der Waals surface area contributed by atoms with Crippen LogP contribution in [0.15, 0.2) is 42.5 Å². The minimum Gasteiger partial charge on any atom is -0.444 e. The molecule has 0 bridgehead atoms. The zero-order valence-corrected chi connectivity index (χ0v) is 15.6. The highest BCUT2D eigenvalue weighted by atomic mass is 19.1. The second-order valence-electron chi connectivity index (χ2n) is 7.07. The zero-order valence-electron chi connectivity index (χ0n) is 15.6. The molecule has 1 atom stereocenters. The lowest BCUT2D eigenvalue weighted by Gasteiger charge is -2.19. The van der Waals surface area contributed by atoms with E-state index in [4.69, 9.17) is 4.74 Å². The quantitative estimate of drug-likeness (QED) is 0.805. The minimum atomic E-state index is -0.722. The number of hydrogen-bond acceptors (Lipinski definition) is 3. The molecular weight excluding hydrogens is 354 g/mol. The van der Waals surface area contributed by atoms with Gasteiger partial charge in [0.2, 0.25) is 0 Å². The van der Waals surface area contributed by atoms with E-state index in [1.54, 1.807) is 39.8 Å². The van der Waals surface area contributed by atoms with Crippen LogP contribution in [0.25, 0.3) is 0 Å². The Morgan fingerprint density at radius 3 is 2.22 bits per heavy atom. The molecule has 0 spiro atoms. The van der Waals surface area contributed by atoms with Gasteiger partial charge in [-0.3, -0.25) is 10.1 Å². The van der Waals surface area contributed by atoms with E-state index in [-0.39, 0.29) is 5.56 Å². The third-order valence-corrected chi connectivity index (χ3v) is 3.57. The van der Waals surface area contributed by atoms with Gasteiger partial charge in [0.1, 0.15) is 17.2 Å². The first kappa shape index (κ1) is 20.4. The summed E-state index contributed by atoms with van der Waals surface area (Å²) < 4.78 is 31.9. The number of carbonyl (C=O) groups is 2. The first-order valence-electron chi connectivity index (χ1n) is 8.41. The van der Waals surface area contributed by atoms with Gasteiger partial charge >= 0.3 is 6.09 Å². The molecule has 0 aromatic heterocycles. The Morgan fingerprint density at radius 1 is 1.04 bits per heavy atom. The molecule has 0 heterocycles. The van der Waals surface area contributed by atoms with Crippen LogP contribution in [0.4, 0.5) is 19.3 Å². The molecule has 2 N–H and O–H groups in total. The second kappa shape index (κ2) is 8.16. The Balaban J connectivity index is 2.00. The highest BCUT2D eigenvalue weighted by Crippen LogP contribution is 2.19. The molecule has 5 nitrogen and oxygen atoms in total. The van der Waals surface area contributed by atoms with Crippen LogP contribution in [0.5, 0.6) is 0 Å². The van der Waals surface area contributed by atoms with Gasteiger partial charge in [0, 0.05) is 22.9 Å². The minimum absolute atomic E-state index is 0.188. The van der Waals surface area contributed by atoms with Crippen LogP contribution in [-0.2, 0) is 4.74 Å². The van der Waals surface area contributed by atoms with Crippen LogP contribution in [0.2, 0.25) is 0 Å². The van der Waals surface area contributed by atoms with E-state index in [1.165, 1.54) is 18.2 Å². The van der Waals surface area contributed by atoms with Crippen molar-refractivity contribution >= 4 is 17.7 Å². The van der Waals surface area contributed by atoms with E-state index in [9.17, 15) is 18.4 Å². The molecule has 0 aliphatic rings. The standard InChI is InChI=1S/C20H22F2N2O3/c1-12(16-10-7-14(21)11-17(16)22)23-18(25)13-5-8-15(9-6-13)24-19(26)27-20(2,3)4/h5-12H,1-4H3,(H,23,25)(H,24,26)/t12-/m0/s1. The molecule has 2 amide bonds. The third-order valence-electron chi connectivity index (χ3n) is 3.57. The van der Waals surface area contributed by atoms with Crippen molar-refractivity contribution in [1.82, 2.24) is 5.32 Å².